The van der Waals surface area contributed by atoms with Gasteiger partial charge in [-0.05, 0) is 5.56 Å². The van der Waals surface area contributed by atoms with Crippen molar-refractivity contribution in [1.82, 2.24) is 0 Å². The van der Waals surface area contributed by atoms with Crippen LogP contribution in [0.4, 0.5) is 0 Å². The largest absolute Gasteiger partial charge is 0.557 e. The number of methoxy groups -OCH3 is 1. The van der Waals surface area contributed by atoms with E-state index in [0.29, 0.717) is 0 Å². The molecule has 0 aromatic heterocycles. The molecule has 0 radical (unpaired) electrons. The van der Waals surface area contributed by atoms with Crippen LogP contribution >= 0.6 is 33.2 Å². The molecule has 0 spiro atoms. The van der Waals surface area contributed by atoms with Crippen molar-refractivity contribution in [3.05, 3.63) is 41.8 Å². The van der Waals surface area contributed by atoms with Crippen LogP contribution in [0.2, 0.25) is 0 Å². The molecule has 1 aromatic carbocycles. The molecule has 0 aliphatic carbocycles. The molecule has 0 aliphatic rings. The van der Waals surface area contributed by atoms with E-state index in [9.17, 15) is 0 Å². The first-order chi connectivity index (χ1) is 7.01. The Morgan fingerprint density at radius 1 is 1.20 bits per heavy atom. The summed E-state index contributed by atoms with van der Waals surface area (Å²) >= 11 is 16.8. The fraction of sp³-hybridized carbons (Fsp3) is 0.111. The molecule has 0 N–H and O–H groups in total. The molecule has 0 amide bonds. The van der Waals surface area contributed by atoms with Crippen molar-refractivity contribution in [2.75, 3.05) is 7.11 Å². The lowest BCUT2D eigenvalue weighted by molar-refractivity contribution is 0.160. The Hall–Kier alpha value is -0.353. The number of hydrogen-bond donors (Lipinski definition) is 0. The number of hydrogen-bond acceptors (Lipinski definition) is 2. The molecule has 0 unspecified atom stereocenters. The standard InChI is InChI=1S/C9H9Cl3O2Si/c1-13-9(14-15(10,11)12)7-8-5-3-2-4-6-8/h2-7H,1H3/b9-7-. The van der Waals surface area contributed by atoms with Crippen LogP contribution in [0.5, 0.6) is 0 Å². The van der Waals surface area contributed by atoms with Crippen molar-refractivity contribution >= 4 is 45.6 Å². The van der Waals surface area contributed by atoms with Gasteiger partial charge in [0.2, 0.25) is 0 Å². The van der Waals surface area contributed by atoms with E-state index < -0.39 is 6.25 Å². The van der Waals surface area contributed by atoms with Gasteiger partial charge in [0.05, 0.1) is 7.11 Å². The Morgan fingerprint density at radius 3 is 2.27 bits per heavy atom. The molecule has 0 saturated heterocycles. The van der Waals surface area contributed by atoms with E-state index in [2.05, 4.69) is 0 Å². The van der Waals surface area contributed by atoms with Crippen LogP contribution in [0.3, 0.4) is 0 Å². The molecule has 1 aromatic rings. The summed E-state index contributed by atoms with van der Waals surface area (Å²) in [6.07, 6.45) is -1.51. The van der Waals surface area contributed by atoms with Crippen molar-refractivity contribution in [1.29, 1.82) is 0 Å². The Kier molecular flexibility index (Phi) is 4.79. The molecule has 0 atom stereocenters. The van der Waals surface area contributed by atoms with E-state index in [1.54, 1.807) is 6.08 Å². The van der Waals surface area contributed by atoms with Crippen molar-refractivity contribution < 1.29 is 9.16 Å². The zero-order valence-corrected chi connectivity index (χ0v) is 11.2. The van der Waals surface area contributed by atoms with Gasteiger partial charge in [-0.25, -0.2) is 0 Å². The van der Waals surface area contributed by atoms with Crippen molar-refractivity contribution in [3.63, 3.8) is 0 Å². The Balaban J connectivity index is 2.79. The molecule has 82 valence electrons. The summed E-state index contributed by atoms with van der Waals surface area (Å²) in [5.41, 5.74) is 0.914. The third-order valence-electron chi connectivity index (χ3n) is 1.50. The summed E-state index contributed by atoms with van der Waals surface area (Å²) in [6, 6.07) is 9.48. The minimum Gasteiger partial charge on any atom is -0.480 e. The van der Waals surface area contributed by atoms with Gasteiger partial charge in [-0.15, -0.1) is 0 Å². The maximum Gasteiger partial charge on any atom is 0.557 e. The lowest BCUT2D eigenvalue weighted by Crippen LogP contribution is -2.16. The second-order valence-corrected chi connectivity index (χ2v) is 10.3. The summed E-state index contributed by atoms with van der Waals surface area (Å²) in [6.45, 7) is 0. The maximum atomic E-state index is 5.60. The van der Waals surface area contributed by atoms with Crippen LogP contribution in [0.25, 0.3) is 6.08 Å². The first-order valence-corrected chi connectivity index (χ1v) is 9.02. The zero-order valence-electron chi connectivity index (χ0n) is 7.91. The van der Waals surface area contributed by atoms with Crippen molar-refractivity contribution in [3.8, 4) is 0 Å². The van der Waals surface area contributed by atoms with Gasteiger partial charge in [0.1, 0.15) is 0 Å². The monoisotopic (exact) mass is 282 g/mol. The summed E-state index contributed by atoms with van der Waals surface area (Å²) in [5, 5.41) is 0. The van der Waals surface area contributed by atoms with E-state index in [0.717, 1.165) is 5.56 Å². The summed E-state index contributed by atoms with van der Waals surface area (Å²) in [4.78, 5) is 0. The summed E-state index contributed by atoms with van der Waals surface area (Å²) in [5.74, 6) is 0.202. The lowest BCUT2D eigenvalue weighted by Gasteiger charge is -2.13. The van der Waals surface area contributed by atoms with Gasteiger partial charge in [0.15, 0.2) is 0 Å². The van der Waals surface area contributed by atoms with Gasteiger partial charge in [-0.1, -0.05) is 63.6 Å². The summed E-state index contributed by atoms with van der Waals surface area (Å²) in [7, 11) is 1.46. The SMILES string of the molecule is CO/C(=C/c1ccccc1)O[Si](Cl)(Cl)Cl. The number of ether oxygens (including phenoxy) is 1. The average molecular weight is 284 g/mol. The maximum absolute atomic E-state index is 5.60. The van der Waals surface area contributed by atoms with Crippen LogP contribution in [-0.2, 0) is 9.16 Å². The van der Waals surface area contributed by atoms with Crippen LogP contribution < -0.4 is 0 Å². The van der Waals surface area contributed by atoms with Gasteiger partial charge in [0.25, 0.3) is 5.95 Å². The predicted molar refractivity (Wildman–Crippen MR) is 65.8 cm³/mol. The second-order valence-electron chi connectivity index (χ2n) is 2.63. The van der Waals surface area contributed by atoms with Gasteiger partial charge in [-0.2, -0.15) is 0 Å². The van der Waals surface area contributed by atoms with E-state index in [4.69, 9.17) is 42.4 Å². The molecule has 0 bridgehead atoms. The minimum atomic E-state index is -3.17. The number of benzene rings is 1. The number of rotatable bonds is 4. The van der Waals surface area contributed by atoms with Crippen LogP contribution in [0.1, 0.15) is 5.56 Å². The molecule has 0 heterocycles. The fourth-order valence-corrected chi connectivity index (χ4v) is 1.98. The highest BCUT2D eigenvalue weighted by molar-refractivity contribution is 7.62. The highest BCUT2D eigenvalue weighted by Gasteiger charge is 2.31. The zero-order chi connectivity index (χ0) is 11.3. The Labute approximate surface area is 104 Å². The first-order valence-electron chi connectivity index (χ1n) is 4.08. The Bertz CT molecular complexity index is 335. The minimum absolute atomic E-state index is 0.202. The topological polar surface area (TPSA) is 18.5 Å². The van der Waals surface area contributed by atoms with E-state index in [1.165, 1.54) is 7.11 Å². The smallest absolute Gasteiger partial charge is 0.480 e. The highest BCUT2D eigenvalue weighted by atomic mass is 35.8. The van der Waals surface area contributed by atoms with Crippen LogP contribution in [-0.4, -0.2) is 13.4 Å². The molecular weight excluding hydrogens is 275 g/mol. The molecule has 0 fully saturated rings. The third kappa shape index (κ3) is 5.32. The Morgan fingerprint density at radius 2 is 1.80 bits per heavy atom. The molecule has 1 rings (SSSR count). The fourth-order valence-electron chi connectivity index (χ4n) is 0.929. The van der Waals surface area contributed by atoms with Crippen LogP contribution in [0.15, 0.2) is 36.3 Å². The van der Waals surface area contributed by atoms with E-state index in [-0.39, 0.29) is 5.95 Å². The molecule has 0 saturated carbocycles. The molecule has 15 heavy (non-hydrogen) atoms. The first kappa shape index (κ1) is 12.7. The van der Waals surface area contributed by atoms with Crippen molar-refractivity contribution in [2.45, 2.75) is 0 Å². The van der Waals surface area contributed by atoms with Gasteiger partial charge >= 0.3 is 6.25 Å². The summed E-state index contributed by atoms with van der Waals surface area (Å²) < 4.78 is 10.0. The molecular formula is C9H9Cl3O2Si. The molecule has 0 aliphatic heterocycles. The van der Waals surface area contributed by atoms with E-state index >= 15 is 0 Å². The highest BCUT2D eigenvalue weighted by Crippen LogP contribution is 2.25. The average Bonchev–Trinajstić information content (AvgIpc) is 2.16. The quantitative estimate of drug-likeness (QED) is 0.475. The van der Waals surface area contributed by atoms with Gasteiger partial charge in [0, 0.05) is 6.08 Å². The van der Waals surface area contributed by atoms with Gasteiger partial charge in [-0.3, -0.25) is 0 Å². The number of halogens is 3. The normalized spacial score (nSPS) is 12.4. The molecule has 2 nitrogen and oxygen atoms in total. The second kappa shape index (κ2) is 5.65. The molecule has 6 heteroatoms. The lowest BCUT2D eigenvalue weighted by atomic mass is 10.2. The third-order valence-corrected chi connectivity index (χ3v) is 2.63. The van der Waals surface area contributed by atoms with E-state index in [1.807, 2.05) is 30.3 Å². The predicted octanol–water partition coefficient (Wildman–Crippen LogP) is 3.80. The van der Waals surface area contributed by atoms with Crippen molar-refractivity contribution in [2.24, 2.45) is 0 Å². The van der Waals surface area contributed by atoms with Crippen LogP contribution in [0, 0.1) is 0 Å². The van der Waals surface area contributed by atoms with Gasteiger partial charge < -0.3 is 9.16 Å².